The zero-order chi connectivity index (χ0) is 11.1. The van der Waals surface area contributed by atoms with Crippen molar-refractivity contribution in [3.63, 3.8) is 0 Å². The molecule has 0 rings (SSSR count). The van der Waals surface area contributed by atoms with Crippen LogP contribution in [-0.2, 0) is 14.3 Å². The molecule has 0 heterocycles. The highest BCUT2D eigenvalue weighted by Gasteiger charge is 2.22. The maximum atomic E-state index is 11.2. The first-order valence-corrected chi connectivity index (χ1v) is 4.67. The van der Waals surface area contributed by atoms with Crippen molar-refractivity contribution in [1.29, 1.82) is 0 Å². The van der Waals surface area contributed by atoms with Crippen molar-refractivity contribution >= 4 is 11.9 Å². The summed E-state index contributed by atoms with van der Waals surface area (Å²) in [7, 11) is 1.60. The lowest BCUT2D eigenvalue weighted by Crippen LogP contribution is -2.40. The smallest absolute Gasteiger partial charge is 0.330 e. The predicted octanol–water partition coefficient (Wildman–Crippen LogP) is -0.351. The number of hydrogen-bond acceptors (Lipinski definition) is 5. The largest absolute Gasteiger partial charge is 0.391 e. The summed E-state index contributed by atoms with van der Waals surface area (Å²) in [5.74, 6) is -1.24. The van der Waals surface area contributed by atoms with Crippen LogP contribution in [0.4, 0.5) is 0 Å². The van der Waals surface area contributed by atoms with Gasteiger partial charge in [0.1, 0.15) is 6.04 Å². The van der Waals surface area contributed by atoms with Crippen LogP contribution in [0.3, 0.4) is 0 Å². The maximum absolute atomic E-state index is 11.2. The summed E-state index contributed by atoms with van der Waals surface area (Å²) in [6.07, 6.45) is 0.774. The molecular weight excluding hydrogens is 184 g/mol. The molecule has 0 fully saturated rings. The number of hydrogen-bond donors (Lipinski definition) is 2. The molecule has 0 saturated heterocycles. The molecule has 5 nitrogen and oxygen atoms in total. The van der Waals surface area contributed by atoms with Gasteiger partial charge in [-0.2, -0.15) is 0 Å². The lowest BCUT2D eigenvalue weighted by Gasteiger charge is -2.15. The number of carbonyl (C=O) groups excluding carboxylic acids is 2. The average Bonchev–Trinajstić information content (AvgIpc) is 2.15. The minimum atomic E-state index is -0.721. The number of likely N-dealkylation sites (N-methyl/N-ethyl adjacent to an activating group) is 1. The molecule has 0 aliphatic carbocycles. The summed E-state index contributed by atoms with van der Waals surface area (Å²) >= 11 is 0. The number of rotatable bonds is 5. The van der Waals surface area contributed by atoms with Crippen molar-refractivity contribution in [2.24, 2.45) is 11.7 Å². The van der Waals surface area contributed by atoms with E-state index >= 15 is 0 Å². The molecule has 2 atom stereocenters. The second-order valence-corrected chi connectivity index (χ2v) is 3.23. The highest BCUT2D eigenvalue weighted by Crippen LogP contribution is 2.06. The monoisotopic (exact) mass is 202 g/mol. The van der Waals surface area contributed by atoms with Crippen molar-refractivity contribution in [3.05, 3.63) is 0 Å². The minimum absolute atomic E-state index is 0.0129. The van der Waals surface area contributed by atoms with E-state index in [0.29, 0.717) is 0 Å². The summed E-state index contributed by atoms with van der Waals surface area (Å²) < 4.78 is 4.51. The Morgan fingerprint density at radius 2 is 2.07 bits per heavy atom. The zero-order valence-corrected chi connectivity index (χ0v) is 8.87. The highest BCUT2D eigenvalue weighted by molar-refractivity contribution is 5.89. The molecular formula is C9H18N2O3. The van der Waals surface area contributed by atoms with E-state index < -0.39 is 18.0 Å². The van der Waals surface area contributed by atoms with Gasteiger partial charge >= 0.3 is 11.9 Å². The maximum Gasteiger partial charge on any atom is 0.330 e. The first-order valence-electron chi connectivity index (χ1n) is 4.67. The van der Waals surface area contributed by atoms with E-state index in [1.807, 2.05) is 13.8 Å². The predicted molar refractivity (Wildman–Crippen MR) is 52.5 cm³/mol. The van der Waals surface area contributed by atoms with Gasteiger partial charge in [0.25, 0.3) is 0 Å². The third-order valence-corrected chi connectivity index (χ3v) is 2.06. The molecule has 2 unspecified atom stereocenters. The Morgan fingerprint density at radius 1 is 1.50 bits per heavy atom. The van der Waals surface area contributed by atoms with Crippen LogP contribution in [0.15, 0.2) is 0 Å². The van der Waals surface area contributed by atoms with Crippen molar-refractivity contribution < 1.29 is 14.3 Å². The first kappa shape index (κ1) is 13.1. The molecule has 0 aliphatic heterocycles. The van der Waals surface area contributed by atoms with Crippen molar-refractivity contribution in [2.45, 2.75) is 26.3 Å². The molecule has 0 amide bonds. The van der Waals surface area contributed by atoms with Gasteiger partial charge in [-0.05, 0) is 13.0 Å². The number of esters is 2. The lowest BCUT2D eigenvalue weighted by molar-refractivity contribution is -0.160. The van der Waals surface area contributed by atoms with Crippen molar-refractivity contribution in [2.75, 3.05) is 13.6 Å². The number of nitrogens with two attached hydrogens (primary N) is 1. The van der Waals surface area contributed by atoms with Crippen LogP contribution in [0.25, 0.3) is 0 Å². The highest BCUT2D eigenvalue weighted by atomic mass is 16.6. The van der Waals surface area contributed by atoms with Crippen LogP contribution < -0.4 is 11.1 Å². The Kier molecular flexibility index (Phi) is 6.07. The second-order valence-electron chi connectivity index (χ2n) is 3.23. The number of carbonyl (C=O) groups is 2. The first-order chi connectivity index (χ1) is 6.52. The van der Waals surface area contributed by atoms with Gasteiger partial charge in [0.15, 0.2) is 0 Å². The van der Waals surface area contributed by atoms with Gasteiger partial charge in [-0.15, -0.1) is 0 Å². The van der Waals surface area contributed by atoms with E-state index in [2.05, 4.69) is 10.1 Å². The Labute approximate surface area is 84.0 Å². The Balaban J connectivity index is 4.01. The van der Waals surface area contributed by atoms with E-state index in [-0.39, 0.29) is 12.5 Å². The van der Waals surface area contributed by atoms with Gasteiger partial charge in [-0.25, -0.2) is 4.79 Å². The minimum Gasteiger partial charge on any atom is -0.391 e. The molecule has 14 heavy (non-hydrogen) atoms. The number of ether oxygens (including phenoxy) is 1. The SMILES string of the molecule is CCC(C)C(N)C(=O)OC(=O)CNC. The Morgan fingerprint density at radius 3 is 2.50 bits per heavy atom. The van der Waals surface area contributed by atoms with E-state index in [4.69, 9.17) is 5.73 Å². The van der Waals surface area contributed by atoms with Gasteiger partial charge in [0.2, 0.25) is 0 Å². The number of nitrogens with one attached hydrogen (secondary N) is 1. The van der Waals surface area contributed by atoms with Crippen molar-refractivity contribution in [3.8, 4) is 0 Å². The zero-order valence-electron chi connectivity index (χ0n) is 8.87. The molecule has 0 bridgehead atoms. The quantitative estimate of drug-likeness (QED) is 0.470. The summed E-state index contributed by atoms with van der Waals surface area (Å²) in [5.41, 5.74) is 5.57. The second kappa shape index (κ2) is 6.50. The fraction of sp³-hybridized carbons (Fsp3) is 0.778. The average molecular weight is 202 g/mol. The summed E-state index contributed by atoms with van der Waals surface area (Å²) in [4.78, 5) is 22.1. The molecule has 0 aromatic heterocycles. The van der Waals surface area contributed by atoms with Gasteiger partial charge in [-0.1, -0.05) is 20.3 Å². The molecule has 0 aliphatic rings. The van der Waals surface area contributed by atoms with Crippen molar-refractivity contribution in [1.82, 2.24) is 5.32 Å². The van der Waals surface area contributed by atoms with Gasteiger partial charge in [-0.3, -0.25) is 4.79 Å². The third kappa shape index (κ3) is 4.34. The third-order valence-electron chi connectivity index (χ3n) is 2.06. The Bertz CT molecular complexity index is 206. The van der Waals surface area contributed by atoms with Gasteiger partial charge in [0, 0.05) is 0 Å². The molecule has 82 valence electrons. The molecule has 0 aromatic rings. The van der Waals surface area contributed by atoms with E-state index in [1.54, 1.807) is 7.05 Å². The summed E-state index contributed by atoms with van der Waals surface area (Å²) in [5, 5.41) is 2.59. The van der Waals surface area contributed by atoms with Crippen LogP contribution in [-0.4, -0.2) is 31.6 Å². The van der Waals surface area contributed by atoms with E-state index in [0.717, 1.165) is 6.42 Å². The Hall–Kier alpha value is -0.940. The van der Waals surface area contributed by atoms with Crippen LogP contribution in [0.1, 0.15) is 20.3 Å². The van der Waals surface area contributed by atoms with Crippen LogP contribution in [0.5, 0.6) is 0 Å². The molecule has 0 spiro atoms. The fourth-order valence-electron chi connectivity index (χ4n) is 0.847. The van der Waals surface area contributed by atoms with Crippen LogP contribution in [0.2, 0.25) is 0 Å². The van der Waals surface area contributed by atoms with Gasteiger partial charge < -0.3 is 15.8 Å². The lowest BCUT2D eigenvalue weighted by atomic mass is 10.0. The summed E-state index contributed by atoms with van der Waals surface area (Å²) in [6.45, 7) is 3.78. The standard InChI is InChI=1S/C9H18N2O3/c1-4-6(2)8(10)9(13)14-7(12)5-11-3/h6,8,11H,4-5,10H2,1-3H3. The van der Waals surface area contributed by atoms with Crippen LogP contribution in [0, 0.1) is 5.92 Å². The van der Waals surface area contributed by atoms with E-state index in [1.165, 1.54) is 0 Å². The summed E-state index contributed by atoms with van der Waals surface area (Å²) in [6, 6.07) is -0.721. The molecule has 3 N–H and O–H groups in total. The topological polar surface area (TPSA) is 81.4 Å². The molecule has 0 radical (unpaired) electrons. The molecule has 0 saturated carbocycles. The molecule has 5 heteroatoms. The van der Waals surface area contributed by atoms with Crippen LogP contribution >= 0.6 is 0 Å². The normalized spacial score (nSPS) is 14.6. The van der Waals surface area contributed by atoms with E-state index in [9.17, 15) is 9.59 Å². The fourth-order valence-corrected chi connectivity index (χ4v) is 0.847. The molecule has 0 aromatic carbocycles. The van der Waals surface area contributed by atoms with Gasteiger partial charge in [0.05, 0.1) is 6.54 Å².